The lowest BCUT2D eigenvalue weighted by molar-refractivity contribution is 0.0308. The molecule has 3 nitrogen and oxygen atoms in total. The van der Waals surface area contributed by atoms with Crippen LogP contribution in [-0.2, 0) is 11.2 Å². The number of ether oxygens (including phenoxy) is 2. The number of rotatable bonds is 7. The maximum atomic E-state index is 6.15. The van der Waals surface area contributed by atoms with E-state index >= 15 is 0 Å². The standard InChI is InChI=1S/C18H27NO2/c1-3-19-13-18(9-10-21-17(18)15-7-8-15)12-14-5-4-6-16(11-14)20-2/h4-6,11,15,17,19H,3,7-10,12-13H2,1-2H3. The lowest BCUT2D eigenvalue weighted by Crippen LogP contribution is -2.43. The lowest BCUT2D eigenvalue weighted by Gasteiger charge is -2.35. The van der Waals surface area contributed by atoms with E-state index in [1.807, 2.05) is 6.07 Å². The molecule has 1 aliphatic heterocycles. The van der Waals surface area contributed by atoms with Crippen molar-refractivity contribution >= 4 is 0 Å². The molecule has 2 fully saturated rings. The summed E-state index contributed by atoms with van der Waals surface area (Å²) in [5.74, 6) is 1.74. The molecule has 2 atom stereocenters. The van der Waals surface area contributed by atoms with Gasteiger partial charge in [-0.3, -0.25) is 0 Å². The Kier molecular flexibility index (Phi) is 4.51. The summed E-state index contributed by atoms with van der Waals surface area (Å²) in [6, 6.07) is 8.51. The molecule has 0 radical (unpaired) electrons. The highest BCUT2D eigenvalue weighted by molar-refractivity contribution is 5.29. The van der Waals surface area contributed by atoms with E-state index < -0.39 is 0 Å². The Bertz CT molecular complexity index is 472. The molecule has 2 unspecified atom stereocenters. The quantitative estimate of drug-likeness (QED) is 0.837. The predicted molar refractivity (Wildman–Crippen MR) is 84.8 cm³/mol. The third-order valence-electron chi connectivity index (χ3n) is 4.97. The summed E-state index contributed by atoms with van der Waals surface area (Å²) in [6.45, 7) is 5.18. The van der Waals surface area contributed by atoms with Crippen LogP contribution in [-0.4, -0.2) is 32.9 Å². The van der Waals surface area contributed by atoms with Crippen LogP contribution >= 0.6 is 0 Å². The van der Waals surface area contributed by atoms with Gasteiger partial charge in [-0.25, -0.2) is 0 Å². The zero-order valence-corrected chi connectivity index (χ0v) is 13.2. The predicted octanol–water partition coefficient (Wildman–Crippen LogP) is 3.03. The summed E-state index contributed by atoms with van der Waals surface area (Å²) in [4.78, 5) is 0. The maximum Gasteiger partial charge on any atom is 0.119 e. The molecule has 2 aliphatic rings. The monoisotopic (exact) mass is 289 g/mol. The summed E-state index contributed by atoms with van der Waals surface area (Å²) in [5.41, 5.74) is 1.62. The molecule has 0 spiro atoms. The third kappa shape index (κ3) is 3.24. The maximum absolute atomic E-state index is 6.15. The van der Waals surface area contributed by atoms with Crippen LogP contribution in [0.2, 0.25) is 0 Å². The Hall–Kier alpha value is -1.06. The van der Waals surface area contributed by atoms with Gasteiger partial charge in [-0.15, -0.1) is 0 Å². The van der Waals surface area contributed by atoms with Gasteiger partial charge in [0.25, 0.3) is 0 Å². The van der Waals surface area contributed by atoms with Crippen molar-refractivity contribution in [1.82, 2.24) is 5.32 Å². The minimum absolute atomic E-state index is 0.254. The fraction of sp³-hybridized carbons (Fsp3) is 0.667. The third-order valence-corrected chi connectivity index (χ3v) is 4.97. The first-order valence-electron chi connectivity index (χ1n) is 8.23. The first-order valence-corrected chi connectivity index (χ1v) is 8.23. The van der Waals surface area contributed by atoms with Crippen molar-refractivity contribution in [3.8, 4) is 5.75 Å². The second-order valence-electron chi connectivity index (χ2n) is 6.55. The van der Waals surface area contributed by atoms with E-state index in [9.17, 15) is 0 Å². The molecule has 21 heavy (non-hydrogen) atoms. The average molecular weight is 289 g/mol. The van der Waals surface area contributed by atoms with E-state index in [2.05, 4.69) is 30.4 Å². The Morgan fingerprint density at radius 3 is 2.95 bits per heavy atom. The van der Waals surface area contributed by atoms with Crippen LogP contribution in [0.25, 0.3) is 0 Å². The molecule has 1 aliphatic carbocycles. The molecule has 0 aromatic heterocycles. The molecule has 0 amide bonds. The molecule has 0 bridgehead atoms. The number of hydrogen-bond donors (Lipinski definition) is 1. The molecule has 3 rings (SSSR count). The molecule has 1 heterocycles. The van der Waals surface area contributed by atoms with E-state index in [-0.39, 0.29) is 5.41 Å². The van der Waals surface area contributed by atoms with Gasteiger partial charge in [-0.1, -0.05) is 19.1 Å². The first kappa shape index (κ1) is 14.9. The van der Waals surface area contributed by atoms with E-state index in [4.69, 9.17) is 9.47 Å². The lowest BCUT2D eigenvalue weighted by atomic mass is 9.74. The van der Waals surface area contributed by atoms with Gasteiger partial charge in [-0.05, 0) is 55.8 Å². The van der Waals surface area contributed by atoms with Crippen LogP contribution in [0, 0.1) is 11.3 Å². The van der Waals surface area contributed by atoms with Crippen LogP contribution in [0.15, 0.2) is 24.3 Å². The fourth-order valence-corrected chi connectivity index (χ4v) is 3.75. The molecular weight excluding hydrogens is 262 g/mol. The van der Waals surface area contributed by atoms with Gasteiger partial charge in [0.1, 0.15) is 5.75 Å². The molecular formula is C18H27NO2. The van der Waals surface area contributed by atoms with Crippen molar-refractivity contribution in [3.63, 3.8) is 0 Å². The number of nitrogens with one attached hydrogen (secondary N) is 1. The highest BCUT2D eigenvalue weighted by atomic mass is 16.5. The second kappa shape index (κ2) is 6.37. The van der Waals surface area contributed by atoms with Crippen molar-refractivity contribution < 1.29 is 9.47 Å². The van der Waals surface area contributed by atoms with Gasteiger partial charge < -0.3 is 14.8 Å². The normalized spacial score (nSPS) is 28.8. The summed E-state index contributed by atoms with van der Waals surface area (Å²) in [5, 5.41) is 3.58. The number of methoxy groups -OCH3 is 1. The van der Waals surface area contributed by atoms with Gasteiger partial charge in [-0.2, -0.15) is 0 Å². The van der Waals surface area contributed by atoms with Crippen LogP contribution in [0.4, 0.5) is 0 Å². The van der Waals surface area contributed by atoms with Crippen molar-refractivity contribution in [1.29, 1.82) is 0 Å². The SMILES string of the molecule is CCNCC1(Cc2cccc(OC)c2)CCOC1C1CC1. The number of benzene rings is 1. The largest absolute Gasteiger partial charge is 0.497 e. The second-order valence-corrected chi connectivity index (χ2v) is 6.55. The Balaban J connectivity index is 1.81. The summed E-state index contributed by atoms with van der Waals surface area (Å²) in [6.07, 6.45) is 5.37. The average Bonchev–Trinajstić information content (AvgIpc) is 3.27. The van der Waals surface area contributed by atoms with Crippen molar-refractivity contribution in [2.24, 2.45) is 11.3 Å². The Morgan fingerprint density at radius 2 is 2.24 bits per heavy atom. The Morgan fingerprint density at radius 1 is 1.38 bits per heavy atom. The smallest absolute Gasteiger partial charge is 0.119 e. The topological polar surface area (TPSA) is 30.5 Å². The van der Waals surface area contributed by atoms with E-state index in [0.29, 0.717) is 6.10 Å². The van der Waals surface area contributed by atoms with Crippen molar-refractivity contribution in [2.75, 3.05) is 26.8 Å². The van der Waals surface area contributed by atoms with Crippen molar-refractivity contribution in [2.45, 2.75) is 38.7 Å². The van der Waals surface area contributed by atoms with Crippen LogP contribution in [0.5, 0.6) is 5.75 Å². The van der Waals surface area contributed by atoms with Gasteiger partial charge >= 0.3 is 0 Å². The van der Waals surface area contributed by atoms with Crippen LogP contribution < -0.4 is 10.1 Å². The zero-order valence-electron chi connectivity index (χ0n) is 13.2. The highest BCUT2D eigenvalue weighted by Gasteiger charge is 2.50. The van der Waals surface area contributed by atoms with Crippen LogP contribution in [0.1, 0.15) is 31.7 Å². The Labute approximate surface area is 128 Å². The summed E-state index contributed by atoms with van der Waals surface area (Å²) in [7, 11) is 1.74. The van der Waals surface area contributed by atoms with E-state index in [1.54, 1.807) is 7.11 Å². The van der Waals surface area contributed by atoms with E-state index in [1.165, 1.54) is 24.8 Å². The van der Waals surface area contributed by atoms with Gasteiger partial charge in [0.05, 0.1) is 13.2 Å². The molecule has 1 aromatic rings. The minimum Gasteiger partial charge on any atom is -0.497 e. The summed E-state index contributed by atoms with van der Waals surface area (Å²) < 4.78 is 11.5. The molecule has 116 valence electrons. The molecule has 1 aromatic carbocycles. The fourth-order valence-electron chi connectivity index (χ4n) is 3.75. The van der Waals surface area contributed by atoms with Crippen LogP contribution in [0.3, 0.4) is 0 Å². The zero-order chi connectivity index (χ0) is 14.7. The first-order chi connectivity index (χ1) is 10.3. The highest BCUT2D eigenvalue weighted by Crippen LogP contribution is 2.49. The molecule has 1 saturated heterocycles. The summed E-state index contributed by atoms with van der Waals surface area (Å²) >= 11 is 0. The minimum atomic E-state index is 0.254. The van der Waals surface area contributed by atoms with Gasteiger partial charge in [0, 0.05) is 18.6 Å². The molecule has 1 N–H and O–H groups in total. The molecule has 1 saturated carbocycles. The van der Waals surface area contributed by atoms with Gasteiger partial charge in [0.2, 0.25) is 0 Å². The number of hydrogen-bond acceptors (Lipinski definition) is 3. The molecule has 3 heteroatoms. The van der Waals surface area contributed by atoms with Gasteiger partial charge in [0.15, 0.2) is 0 Å². The van der Waals surface area contributed by atoms with Crippen molar-refractivity contribution in [3.05, 3.63) is 29.8 Å². The van der Waals surface area contributed by atoms with E-state index in [0.717, 1.165) is 37.8 Å².